The molecule has 1 amide bonds. The molecular weight excluding hydrogens is 561 g/mol. The number of hydrogen-bond donors (Lipinski definition) is 2. The molecule has 2 aromatic carbocycles. The van der Waals surface area contributed by atoms with E-state index in [1.807, 2.05) is 60.6 Å². The van der Waals surface area contributed by atoms with Gasteiger partial charge in [-0.1, -0.05) is 48.0 Å². The summed E-state index contributed by atoms with van der Waals surface area (Å²) in [5, 5.41) is 8.84. The fourth-order valence-corrected chi connectivity index (χ4v) is 6.80. The van der Waals surface area contributed by atoms with Crippen molar-refractivity contribution < 1.29 is 13.9 Å². The molecule has 5 heterocycles. The average molecular weight is 590 g/mol. The number of H-pyrrole nitrogens is 1. The first-order valence-corrected chi connectivity index (χ1v) is 14.3. The van der Waals surface area contributed by atoms with Crippen molar-refractivity contribution in [3.8, 4) is 11.1 Å². The molecule has 4 atom stereocenters. The summed E-state index contributed by atoms with van der Waals surface area (Å²) < 4.78 is 24.4. The summed E-state index contributed by atoms with van der Waals surface area (Å²) in [6, 6.07) is 11.7. The fourth-order valence-electron chi connectivity index (χ4n) is 6.49. The molecule has 0 aliphatic carbocycles. The number of halogens is 2. The van der Waals surface area contributed by atoms with Crippen LogP contribution in [0.2, 0.25) is 5.02 Å². The lowest BCUT2D eigenvalue weighted by molar-refractivity contribution is 0.117. The Kier molecular flexibility index (Phi) is 6.41. The van der Waals surface area contributed by atoms with Gasteiger partial charge in [0, 0.05) is 49.0 Å². The molecule has 2 saturated heterocycles. The number of aromatic nitrogens is 5. The predicted octanol–water partition coefficient (Wildman–Crippen LogP) is 4.84. The summed E-state index contributed by atoms with van der Waals surface area (Å²) in [6.07, 6.45) is 3.27. The molecule has 42 heavy (non-hydrogen) atoms. The highest BCUT2D eigenvalue weighted by atomic mass is 35.5. The van der Waals surface area contributed by atoms with Crippen molar-refractivity contribution in [3.63, 3.8) is 0 Å². The van der Waals surface area contributed by atoms with Crippen molar-refractivity contribution in [2.45, 2.75) is 50.2 Å². The minimum absolute atomic E-state index is 0.0890. The number of fused-ring (bicyclic) bond motifs is 4. The molecule has 10 nitrogen and oxygen atoms in total. The Balaban J connectivity index is 1.15. The molecule has 7 rings (SSSR count). The average Bonchev–Trinajstić information content (AvgIpc) is 3.68. The number of aryl methyl sites for hydroxylation is 1. The Morgan fingerprint density at radius 3 is 2.79 bits per heavy atom. The smallest absolute Gasteiger partial charge is 0.407 e. The van der Waals surface area contributed by atoms with E-state index in [9.17, 15) is 9.59 Å². The Bertz CT molecular complexity index is 1880. The number of hydrogen-bond acceptors (Lipinski definition) is 6. The maximum Gasteiger partial charge on any atom is 0.407 e. The topological polar surface area (TPSA) is 110 Å². The first-order valence-electron chi connectivity index (χ1n) is 13.9. The molecule has 2 bridgehead atoms. The Hall–Kier alpha value is -4.38. The van der Waals surface area contributed by atoms with Gasteiger partial charge < -0.3 is 19.9 Å². The first-order chi connectivity index (χ1) is 20.3. The summed E-state index contributed by atoms with van der Waals surface area (Å²) in [5.41, 5.74) is 3.11. The zero-order valence-corrected chi connectivity index (χ0v) is 23.8. The van der Waals surface area contributed by atoms with Crippen LogP contribution in [0.3, 0.4) is 0 Å². The van der Waals surface area contributed by atoms with Gasteiger partial charge in [0.1, 0.15) is 18.4 Å². The van der Waals surface area contributed by atoms with Crippen molar-refractivity contribution in [2.75, 3.05) is 4.90 Å². The minimum atomic E-state index is -1.36. The summed E-state index contributed by atoms with van der Waals surface area (Å²) in [4.78, 5) is 36.1. The van der Waals surface area contributed by atoms with E-state index in [4.69, 9.17) is 21.3 Å². The van der Waals surface area contributed by atoms with E-state index in [1.165, 1.54) is 4.57 Å². The van der Waals surface area contributed by atoms with E-state index < -0.39 is 24.3 Å². The summed E-state index contributed by atoms with van der Waals surface area (Å²) in [6.45, 7) is 0.112. The SMILES string of the molecule is Cn1cc2c(Cl)c(-c3c[nH]c4nc(N5[C@@H]6CC[C@H]5[C@H](F)[C@H](NC(=O)OCc5ccccc5)C6)n(C)c(=O)c34)ccc2n1. The maximum atomic E-state index is 15.9. The summed E-state index contributed by atoms with van der Waals surface area (Å²) in [7, 11) is 3.49. The minimum Gasteiger partial charge on any atom is -0.445 e. The van der Waals surface area contributed by atoms with Gasteiger partial charge in [0.05, 0.1) is 28.0 Å². The lowest BCUT2D eigenvalue weighted by Crippen LogP contribution is -2.59. The van der Waals surface area contributed by atoms with Gasteiger partial charge in [-0.05, 0) is 30.9 Å². The van der Waals surface area contributed by atoms with Gasteiger partial charge in [0.2, 0.25) is 5.95 Å². The van der Waals surface area contributed by atoms with Crippen LogP contribution in [0.5, 0.6) is 0 Å². The van der Waals surface area contributed by atoms with Crippen molar-refractivity contribution in [1.82, 2.24) is 29.6 Å². The van der Waals surface area contributed by atoms with Crippen LogP contribution < -0.4 is 15.8 Å². The quantitative estimate of drug-likeness (QED) is 0.303. The molecule has 2 aliphatic heterocycles. The van der Waals surface area contributed by atoms with E-state index in [0.29, 0.717) is 46.0 Å². The first kappa shape index (κ1) is 26.5. The summed E-state index contributed by atoms with van der Waals surface area (Å²) in [5.74, 6) is 0.398. The second kappa shape index (κ2) is 10.2. The molecule has 0 spiro atoms. The zero-order valence-electron chi connectivity index (χ0n) is 23.1. The number of anilines is 1. The number of carbonyl (C=O) groups is 1. The summed E-state index contributed by atoms with van der Waals surface area (Å²) >= 11 is 6.77. The van der Waals surface area contributed by atoms with Crippen LogP contribution in [-0.4, -0.2) is 54.7 Å². The molecule has 2 fully saturated rings. The normalized spacial score (nSPS) is 21.8. The highest BCUT2D eigenvalue weighted by molar-refractivity contribution is 6.38. The number of ether oxygens (including phenoxy) is 1. The second-order valence-electron chi connectivity index (χ2n) is 11.1. The molecule has 3 aromatic heterocycles. The van der Waals surface area contributed by atoms with Crippen LogP contribution in [0.25, 0.3) is 33.1 Å². The largest absolute Gasteiger partial charge is 0.445 e. The van der Waals surface area contributed by atoms with Crippen LogP contribution in [-0.2, 0) is 25.4 Å². The van der Waals surface area contributed by atoms with Crippen molar-refractivity contribution in [3.05, 3.63) is 75.8 Å². The van der Waals surface area contributed by atoms with Gasteiger partial charge in [0.25, 0.3) is 5.56 Å². The Morgan fingerprint density at radius 1 is 1.17 bits per heavy atom. The van der Waals surface area contributed by atoms with Crippen molar-refractivity contribution >= 4 is 45.6 Å². The highest BCUT2D eigenvalue weighted by Gasteiger charge is 2.49. The number of alkyl halides is 1. The second-order valence-corrected chi connectivity index (χ2v) is 11.4. The van der Waals surface area contributed by atoms with Crippen LogP contribution in [0.4, 0.5) is 15.1 Å². The van der Waals surface area contributed by atoms with Gasteiger partial charge >= 0.3 is 6.09 Å². The van der Waals surface area contributed by atoms with Gasteiger partial charge in [-0.2, -0.15) is 10.1 Å². The third-order valence-corrected chi connectivity index (χ3v) is 8.90. The zero-order chi connectivity index (χ0) is 29.1. The molecule has 216 valence electrons. The number of aromatic amines is 1. The van der Waals surface area contributed by atoms with E-state index in [0.717, 1.165) is 22.9 Å². The molecule has 0 radical (unpaired) electrons. The lowest BCUT2D eigenvalue weighted by Gasteiger charge is -2.42. The van der Waals surface area contributed by atoms with Crippen LogP contribution in [0, 0.1) is 0 Å². The van der Waals surface area contributed by atoms with E-state index in [-0.39, 0.29) is 18.2 Å². The third kappa shape index (κ3) is 4.30. The third-order valence-electron chi connectivity index (χ3n) is 8.49. The molecule has 2 N–H and O–H groups in total. The van der Waals surface area contributed by atoms with Gasteiger partial charge in [-0.3, -0.25) is 14.0 Å². The van der Waals surface area contributed by atoms with Crippen molar-refractivity contribution in [2.24, 2.45) is 14.1 Å². The number of carbonyl (C=O) groups excluding carboxylic acids is 1. The molecular formula is C30H29ClFN7O3. The number of piperidine rings is 1. The fraction of sp³-hybridized carbons (Fsp3) is 0.333. The standard InChI is InChI=1S/C30H29ClFN7O3/c1-37-14-20-21(36-37)10-9-18(25(20)31)19-13-33-27-24(19)28(40)38(2)29(35-27)39-17-8-11-23(39)26(32)22(12-17)34-30(41)42-15-16-6-4-3-5-7-16/h3-7,9-10,13-14,17,22-23,26,33H,8,11-12,15H2,1-2H3,(H,34,41)/t17-,22-,23+,26-/m1/s1. The molecule has 0 saturated carbocycles. The van der Waals surface area contributed by atoms with E-state index >= 15 is 4.39 Å². The number of nitrogens with zero attached hydrogens (tertiary/aromatic N) is 5. The van der Waals surface area contributed by atoms with Gasteiger partial charge in [-0.25, -0.2) is 9.18 Å². The number of alkyl carbamates (subject to hydrolysis) is 1. The van der Waals surface area contributed by atoms with Crippen LogP contribution >= 0.6 is 11.6 Å². The number of nitrogens with one attached hydrogen (secondary N) is 2. The molecule has 12 heteroatoms. The Labute approximate surface area is 245 Å². The number of amides is 1. The molecule has 2 aliphatic rings. The monoisotopic (exact) mass is 589 g/mol. The van der Waals surface area contributed by atoms with Crippen LogP contribution in [0.1, 0.15) is 24.8 Å². The van der Waals surface area contributed by atoms with Gasteiger partial charge in [-0.15, -0.1) is 0 Å². The number of benzene rings is 2. The Morgan fingerprint density at radius 2 is 1.98 bits per heavy atom. The van der Waals surface area contributed by atoms with E-state index in [2.05, 4.69) is 15.4 Å². The molecule has 5 aromatic rings. The van der Waals surface area contributed by atoms with Crippen LogP contribution in [0.15, 0.2) is 59.7 Å². The van der Waals surface area contributed by atoms with Crippen molar-refractivity contribution in [1.29, 1.82) is 0 Å². The van der Waals surface area contributed by atoms with E-state index in [1.54, 1.807) is 17.9 Å². The molecule has 0 unspecified atom stereocenters. The number of rotatable bonds is 5. The maximum absolute atomic E-state index is 15.9. The van der Waals surface area contributed by atoms with Gasteiger partial charge in [0.15, 0.2) is 0 Å². The lowest BCUT2D eigenvalue weighted by atomic mass is 9.95. The highest BCUT2D eigenvalue weighted by Crippen LogP contribution is 2.41. The predicted molar refractivity (Wildman–Crippen MR) is 158 cm³/mol.